The van der Waals surface area contributed by atoms with Gasteiger partial charge in [0.05, 0.1) is 0 Å². The van der Waals surface area contributed by atoms with Crippen LogP contribution in [-0.4, -0.2) is 11.6 Å². The fourth-order valence-corrected chi connectivity index (χ4v) is 6.73. The second-order valence-corrected chi connectivity index (χ2v) is 9.00. The molecule has 6 atom stereocenters. The Balaban J connectivity index is 1.79. The van der Waals surface area contributed by atoms with Crippen molar-refractivity contribution in [1.82, 2.24) is 0 Å². The van der Waals surface area contributed by atoms with E-state index in [0.717, 1.165) is 19.3 Å². The molecule has 0 aromatic heterocycles. The van der Waals surface area contributed by atoms with Gasteiger partial charge in [-0.2, -0.15) is 0 Å². The molecule has 0 spiro atoms. The Morgan fingerprint density at radius 2 is 1.92 bits per heavy atom. The number of Topliss-reactive ketones (excluding diaryl/α,β-unsaturated/α-hetero) is 1. The van der Waals surface area contributed by atoms with Gasteiger partial charge in [0.2, 0.25) is 0 Å². The van der Waals surface area contributed by atoms with E-state index in [0.29, 0.717) is 23.5 Å². The molecule has 6 unspecified atom stereocenters. The average molecular weight is 324 g/mol. The van der Waals surface area contributed by atoms with E-state index in [2.05, 4.69) is 32.9 Å². The van der Waals surface area contributed by atoms with Crippen LogP contribution in [0.2, 0.25) is 0 Å². The highest BCUT2D eigenvalue weighted by Gasteiger charge is 2.58. The van der Waals surface area contributed by atoms with Crippen LogP contribution in [0.4, 0.5) is 0 Å². The van der Waals surface area contributed by atoms with Gasteiger partial charge in [0.25, 0.3) is 0 Å². The second kappa shape index (κ2) is 5.03. The van der Waals surface area contributed by atoms with Gasteiger partial charge in [-0.1, -0.05) is 31.6 Å². The lowest BCUT2D eigenvalue weighted by Crippen LogP contribution is -2.49. The fourth-order valence-electron chi connectivity index (χ4n) is 6.73. The Labute approximate surface area is 145 Å². The Kier molecular flexibility index (Phi) is 3.37. The van der Waals surface area contributed by atoms with E-state index >= 15 is 0 Å². The monoisotopic (exact) mass is 324 g/mol. The van der Waals surface area contributed by atoms with Gasteiger partial charge >= 0.3 is 0 Å². The number of carbonyl (C=O) groups is 2. The third kappa shape index (κ3) is 1.95. The number of hydrogen-bond acceptors (Lipinski definition) is 2. The molecule has 2 heteroatoms. The molecule has 0 radical (unpaired) electrons. The molecule has 24 heavy (non-hydrogen) atoms. The van der Waals surface area contributed by atoms with E-state index in [1.165, 1.54) is 17.6 Å². The van der Waals surface area contributed by atoms with Gasteiger partial charge in [-0.25, -0.2) is 0 Å². The Hall–Kier alpha value is -1.44. The number of ketones is 2. The van der Waals surface area contributed by atoms with Crippen LogP contribution in [0.25, 0.3) is 0 Å². The van der Waals surface area contributed by atoms with Gasteiger partial charge in [0.1, 0.15) is 5.78 Å². The van der Waals surface area contributed by atoms with Crippen molar-refractivity contribution in [2.45, 2.75) is 53.4 Å². The van der Waals surface area contributed by atoms with Gasteiger partial charge in [0.15, 0.2) is 5.78 Å². The summed E-state index contributed by atoms with van der Waals surface area (Å²) in [6.07, 6.45) is 12.7. The van der Waals surface area contributed by atoms with Crippen LogP contribution in [-0.2, 0) is 9.59 Å². The first-order valence-corrected chi connectivity index (χ1v) is 9.42. The third-order valence-electron chi connectivity index (χ3n) is 7.92. The van der Waals surface area contributed by atoms with Crippen LogP contribution in [0, 0.1) is 34.5 Å². The first kappa shape index (κ1) is 16.1. The summed E-state index contributed by atoms with van der Waals surface area (Å²) in [5, 5.41) is 0. The van der Waals surface area contributed by atoms with Crippen molar-refractivity contribution in [3.8, 4) is 0 Å². The highest BCUT2D eigenvalue weighted by molar-refractivity contribution is 6.01. The number of allylic oxidation sites excluding steroid dienone is 6. The van der Waals surface area contributed by atoms with Gasteiger partial charge < -0.3 is 0 Å². The van der Waals surface area contributed by atoms with Crippen LogP contribution in [0.1, 0.15) is 53.4 Å². The predicted molar refractivity (Wildman–Crippen MR) is 95.3 cm³/mol. The summed E-state index contributed by atoms with van der Waals surface area (Å²) < 4.78 is 0. The van der Waals surface area contributed by atoms with Crippen molar-refractivity contribution in [2.24, 2.45) is 34.5 Å². The molecule has 4 rings (SSSR count). The molecule has 0 aliphatic heterocycles. The lowest BCUT2D eigenvalue weighted by Gasteiger charge is -2.55. The molecule has 2 fully saturated rings. The average Bonchev–Trinajstić information content (AvgIpc) is 2.87. The summed E-state index contributed by atoms with van der Waals surface area (Å²) in [4.78, 5) is 24.1. The summed E-state index contributed by atoms with van der Waals surface area (Å²) in [5.74, 6) is 2.43. The van der Waals surface area contributed by atoms with Crippen molar-refractivity contribution in [1.29, 1.82) is 0 Å². The van der Waals surface area contributed by atoms with Gasteiger partial charge in [0, 0.05) is 11.3 Å². The minimum absolute atomic E-state index is 0.0208. The predicted octanol–water partition coefficient (Wildman–Crippen LogP) is 4.67. The lowest BCUT2D eigenvalue weighted by molar-refractivity contribution is -0.126. The van der Waals surface area contributed by atoms with Gasteiger partial charge in [-0.05, 0) is 80.4 Å². The second-order valence-electron chi connectivity index (χ2n) is 9.00. The van der Waals surface area contributed by atoms with Crippen LogP contribution < -0.4 is 0 Å². The molecule has 4 aliphatic carbocycles. The van der Waals surface area contributed by atoms with Crippen molar-refractivity contribution in [3.63, 3.8) is 0 Å². The zero-order valence-corrected chi connectivity index (χ0v) is 15.3. The quantitative estimate of drug-likeness (QED) is 0.702. The molecule has 0 bridgehead atoms. The minimum Gasteiger partial charge on any atom is -0.300 e. The Morgan fingerprint density at radius 3 is 2.62 bits per heavy atom. The standard InChI is InChI=1S/C22H28O2/c1-13-11-16-18-6-5-17(14(2)23)21(18,3)10-8-19(16)22(4)9-7-15(24)12-20(13)22/h7,9,11-12,16-19H,5-6,8,10H2,1-4H3. The van der Waals surface area contributed by atoms with E-state index in [4.69, 9.17) is 0 Å². The molecule has 0 amide bonds. The van der Waals surface area contributed by atoms with E-state index < -0.39 is 0 Å². The molecule has 2 saturated carbocycles. The molecular weight excluding hydrogens is 296 g/mol. The normalized spacial score (nSPS) is 46.6. The Bertz CT molecular complexity index is 709. The minimum atomic E-state index is -0.0208. The maximum absolute atomic E-state index is 12.2. The largest absolute Gasteiger partial charge is 0.300 e. The molecule has 0 saturated heterocycles. The lowest BCUT2D eigenvalue weighted by atomic mass is 9.48. The number of hydrogen-bond donors (Lipinski definition) is 0. The van der Waals surface area contributed by atoms with Crippen molar-refractivity contribution >= 4 is 11.6 Å². The van der Waals surface area contributed by atoms with Gasteiger partial charge in [-0.15, -0.1) is 0 Å². The van der Waals surface area contributed by atoms with Crippen molar-refractivity contribution in [3.05, 3.63) is 35.5 Å². The zero-order chi connectivity index (χ0) is 17.3. The van der Waals surface area contributed by atoms with Crippen molar-refractivity contribution < 1.29 is 9.59 Å². The number of fused-ring (bicyclic) bond motifs is 5. The SMILES string of the molecule is CC(=O)C1CCC2C3C=C(C)C4=CC(=O)C=CC4(C)C3CCC12C. The highest BCUT2D eigenvalue weighted by atomic mass is 16.1. The summed E-state index contributed by atoms with van der Waals surface area (Å²) in [6.45, 7) is 8.63. The molecular formula is C22H28O2. The molecule has 0 aromatic carbocycles. The van der Waals surface area contributed by atoms with Crippen LogP contribution >= 0.6 is 0 Å². The summed E-state index contributed by atoms with van der Waals surface area (Å²) in [5.41, 5.74) is 2.63. The first-order valence-electron chi connectivity index (χ1n) is 9.42. The van der Waals surface area contributed by atoms with Crippen LogP contribution in [0.3, 0.4) is 0 Å². The Morgan fingerprint density at radius 1 is 1.17 bits per heavy atom. The molecule has 128 valence electrons. The maximum Gasteiger partial charge on any atom is 0.178 e. The fraction of sp³-hybridized carbons (Fsp3) is 0.636. The topological polar surface area (TPSA) is 34.1 Å². The van der Waals surface area contributed by atoms with E-state index in [1.807, 2.05) is 6.08 Å². The van der Waals surface area contributed by atoms with Crippen molar-refractivity contribution in [2.75, 3.05) is 0 Å². The summed E-state index contributed by atoms with van der Waals surface area (Å²) >= 11 is 0. The van der Waals surface area contributed by atoms with Crippen LogP contribution in [0.15, 0.2) is 35.5 Å². The first-order chi connectivity index (χ1) is 11.3. The molecule has 2 nitrogen and oxygen atoms in total. The summed E-state index contributed by atoms with van der Waals surface area (Å²) in [7, 11) is 0. The highest BCUT2D eigenvalue weighted by Crippen LogP contribution is 2.65. The number of rotatable bonds is 1. The van der Waals surface area contributed by atoms with Gasteiger partial charge in [-0.3, -0.25) is 9.59 Å². The zero-order valence-electron chi connectivity index (χ0n) is 15.3. The maximum atomic E-state index is 12.2. The van der Waals surface area contributed by atoms with Crippen LogP contribution in [0.5, 0.6) is 0 Å². The summed E-state index contributed by atoms with van der Waals surface area (Å²) in [6, 6.07) is 0. The van der Waals surface area contributed by atoms with E-state index in [1.54, 1.807) is 13.0 Å². The van der Waals surface area contributed by atoms with E-state index in [9.17, 15) is 9.59 Å². The molecule has 0 heterocycles. The number of carbonyl (C=O) groups excluding carboxylic acids is 2. The molecule has 4 aliphatic rings. The third-order valence-corrected chi connectivity index (χ3v) is 7.92. The van der Waals surface area contributed by atoms with E-state index in [-0.39, 0.29) is 22.5 Å². The smallest absolute Gasteiger partial charge is 0.178 e. The molecule has 0 N–H and O–H groups in total. The molecule has 0 aromatic rings.